The van der Waals surface area contributed by atoms with Gasteiger partial charge in [-0.1, -0.05) is 29.8 Å². The molecule has 0 fully saturated rings. The molecule has 0 spiro atoms. The molecule has 0 bridgehead atoms. The molecule has 0 aliphatic heterocycles. The number of allylic oxidation sites excluding steroid dienone is 1. The Bertz CT molecular complexity index is 1990. The van der Waals surface area contributed by atoms with Crippen LogP contribution in [-0.4, -0.2) is 30.1 Å². The van der Waals surface area contributed by atoms with Gasteiger partial charge in [0.05, 0.1) is 23.0 Å². The number of hydrogen-bond acceptors (Lipinski definition) is 5. The zero-order valence-electron chi connectivity index (χ0n) is 22.5. The number of hydrogen-bond donors (Lipinski definition) is 2. The van der Waals surface area contributed by atoms with E-state index in [-0.39, 0.29) is 11.5 Å². The molecule has 2 aromatic heterocycles. The number of carbonyl (C=O) groups excluding carboxylic acids is 1. The Hall–Kier alpha value is -4.76. The van der Waals surface area contributed by atoms with Gasteiger partial charge in [-0.25, -0.2) is 8.42 Å². The van der Waals surface area contributed by atoms with Crippen molar-refractivity contribution in [3.63, 3.8) is 0 Å². The van der Waals surface area contributed by atoms with Crippen molar-refractivity contribution in [2.45, 2.75) is 20.8 Å². The van der Waals surface area contributed by atoms with E-state index in [2.05, 4.69) is 15.0 Å². The number of fused-ring (bicyclic) bond motifs is 3. The summed E-state index contributed by atoms with van der Waals surface area (Å²) in [5.74, 6) is -0.234. The van der Waals surface area contributed by atoms with Gasteiger partial charge in [-0.15, -0.1) is 0 Å². The predicted molar refractivity (Wildman–Crippen MR) is 162 cm³/mol. The molecular formula is C31H28N4O4S. The third-order valence-electron chi connectivity index (χ3n) is 6.40. The maximum atomic E-state index is 13.3. The Balaban J connectivity index is 1.67. The van der Waals surface area contributed by atoms with Crippen LogP contribution in [0.2, 0.25) is 0 Å². The molecule has 2 N–H and O–H groups in total. The van der Waals surface area contributed by atoms with Crippen molar-refractivity contribution < 1.29 is 13.2 Å². The number of carbonyl (C=O) groups is 1. The summed E-state index contributed by atoms with van der Waals surface area (Å²) in [5, 5.41) is 4.48. The molecule has 0 atom stereocenters. The Kier molecular flexibility index (Phi) is 6.99. The Morgan fingerprint density at radius 2 is 1.65 bits per heavy atom. The first kappa shape index (κ1) is 26.8. The summed E-state index contributed by atoms with van der Waals surface area (Å²) < 4.78 is 27.2. The zero-order chi connectivity index (χ0) is 28.6. The van der Waals surface area contributed by atoms with Gasteiger partial charge in [0, 0.05) is 40.5 Å². The minimum atomic E-state index is -3.38. The number of anilines is 2. The van der Waals surface area contributed by atoms with E-state index in [0.717, 1.165) is 44.8 Å². The predicted octanol–water partition coefficient (Wildman–Crippen LogP) is 5.79. The fraction of sp³-hybridized carbons (Fsp3) is 0.129. The summed E-state index contributed by atoms with van der Waals surface area (Å²) in [6, 6.07) is 21.7. The number of nitrogens with one attached hydrogen (secondary N) is 2. The quantitative estimate of drug-likeness (QED) is 0.205. The molecule has 2 heterocycles. The van der Waals surface area contributed by atoms with Crippen LogP contribution < -0.4 is 15.6 Å². The number of aryl methyl sites for hydroxylation is 1. The van der Waals surface area contributed by atoms with Gasteiger partial charge < -0.3 is 5.32 Å². The second kappa shape index (κ2) is 10.4. The molecule has 0 aliphatic rings. The summed E-state index contributed by atoms with van der Waals surface area (Å²) in [6.45, 7) is 5.61. The molecule has 8 nitrogen and oxygen atoms in total. The first-order valence-corrected chi connectivity index (χ1v) is 14.5. The monoisotopic (exact) mass is 552 g/mol. The zero-order valence-corrected chi connectivity index (χ0v) is 23.3. The summed E-state index contributed by atoms with van der Waals surface area (Å²) in [7, 11) is -3.38. The first-order chi connectivity index (χ1) is 19.0. The Morgan fingerprint density at radius 1 is 0.925 bits per heavy atom. The van der Waals surface area contributed by atoms with Crippen molar-refractivity contribution >= 4 is 49.1 Å². The summed E-state index contributed by atoms with van der Waals surface area (Å²) in [4.78, 5) is 30.4. The van der Waals surface area contributed by atoms with Crippen molar-refractivity contribution in [2.24, 2.45) is 0 Å². The highest BCUT2D eigenvalue weighted by atomic mass is 32.2. The van der Waals surface area contributed by atoms with Crippen molar-refractivity contribution in [3.8, 4) is 16.8 Å². The largest absolute Gasteiger partial charge is 0.322 e. The lowest BCUT2D eigenvalue weighted by atomic mass is 10.0. The Labute approximate surface area is 232 Å². The van der Waals surface area contributed by atoms with Gasteiger partial charge in [-0.05, 0) is 79.9 Å². The minimum Gasteiger partial charge on any atom is -0.322 e. The fourth-order valence-corrected chi connectivity index (χ4v) is 5.17. The van der Waals surface area contributed by atoms with Gasteiger partial charge in [0.25, 0.3) is 5.56 Å². The van der Waals surface area contributed by atoms with Gasteiger partial charge in [0.1, 0.15) is 0 Å². The number of sulfonamides is 1. The molecule has 1 amide bonds. The van der Waals surface area contributed by atoms with Crippen LogP contribution in [-0.2, 0) is 14.8 Å². The topological polar surface area (TPSA) is 110 Å². The summed E-state index contributed by atoms with van der Waals surface area (Å²) in [6.07, 6.45) is 4.38. The number of amides is 1. The Morgan fingerprint density at radius 3 is 2.35 bits per heavy atom. The van der Waals surface area contributed by atoms with Crippen LogP contribution in [0.5, 0.6) is 0 Å². The number of aromatic nitrogens is 2. The molecule has 0 saturated heterocycles. The highest BCUT2D eigenvalue weighted by molar-refractivity contribution is 7.92. The molecule has 9 heteroatoms. The van der Waals surface area contributed by atoms with Crippen molar-refractivity contribution in [1.29, 1.82) is 0 Å². The molecule has 0 unspecified atom stereocenters. The molecule has 0 saturated carbocycles. The van der Waals surface area contributed by atoms with E-state index in [1.54, 1.807) is 35.0 Å². The second-order valence-corrected chi connectivity index (χ2v) is 11.7. The van der Waals surface area contributed by atoms with Gasteiger partial charge in [0.2, 0.25) is 15.9 Å². The van der Waals surface area contributed by atoms with Crippen LogP contribution >= 0.6 is 0 Å². The highest BCUT2D eigenvalue weighted by Gasteiger charge is 2.14. The van der Waals surface area contributed by atoms with Gasteiger partial charge in [0.15, 0.2) is 0 Å². The lowest BCUT2D eigenvalue weighted by Gasteiger charge is -2.15. The first-order valence-electron chi connectivity index (χ1n) is 12.6. The average molecular weight is 553 g/mol. The lowest BCUT2D eigenvalue weighted by Crippen LogP contribution is -2.18. The SMILES string of the molecule is CC(C)=CC(=O)Nc1cc(-n2c(=O)ccc3cnc4ccc(-c5ccc(NS(C)(=O)=O)cc5)cc4c32)ccc1C. The van der Waals surface area contributed by atoms with Gasteiger partial charge in [-0.3, -0.25) is 23.9 Å². The van der Waals surface area contributed by atoms with E-state index < -0.39 is 10.0 Å². The van der Waals surface area contributed by atoms with E-state index in [1.807, 2.05) is 63.2 Å². The molecule has 0 radical (unpaired) electrons. The van der Waals surface area contributed by atoms with Crippen LogP contribution in [0.1, 0.15) is 19.4 Å². The standard InChI is InChI=1S/C31H28N4O4S/c1-19(2)15-29(36)33-28-17-25(12-5-20(28)3)35-30(37)14-9-23-18-32-27-13-8-22(16-26(27)31(23)35)21-6-10-24(11-7-21)34-40(4,38)39/h5-18,34H,1-4H3,(H,33,36). The number of benzene rings is 3. The van der Waals surface area contributed by atoms with Crippen LogP contribution in [0, 0.1) is 6.92 Å². The maximum absolute atomic E-state index is 13.3. The number of rotatable bonds is 6. The average Bonchev–Trinajstić information content (AvgIpc) is 2.89. The summed E-state index contributed by atoms with van der Waals surface area (Å²) >= 11 is 0. The molecule has 3 aromatic carbocycles. The van der Waals surface area contributed by atoms with E-state index in [9.17, 15) is 18.0 Å². The maximum Gasteiger partial charge on any atom is 0.255 e. The highest BCUT2D eigenvalue weighted by Crippen LogP contribution is 2.31. The minimum absolute atomic E-state index is 0.216. The molecule has 40 heavy (non-hydrogen) atoms. The van der Waals surface area contributed by atoms with Crippen molar-refractivity contribution in [3.05, 3.63) is 107 Å². The van der Waals surface area contributed by atoms with Crippen molar-refractivity contribution in [1.82, 2.24) is 9.55 Å². The third-order valence-corrected chi connectivity index (χ3v) is 7.00. The van der Waals surface area contributed by atoms with E-state index in [1.165, 1.54) is 12.1 Å². The van der Waals surface area contributed by atoms with Crippen LogP contribution in [0.3, 0.4) is 0 Å². The van der Waals surface area contributed by atoms with Crippen LogP contribution in [0.25, 0.3) is 38.6 Å². The van der Waals surface area contributed by atoms with Crippen LogP contribution in [0.4, 0.5) is 11.4 Å². The van der Waals surface area contributed by atoms with E-state index in [0.29, 0.717) is 22.6 Å². The number of nitrogens with zero attached hydrogens (tertiary/aromatic N) is 2. The third kappa shape index (κ3) is 5.64. The van der Waals surface area contributed by atoms with E-state index in [4.69, 9.17) is 0 Å². The molecule has 202 valence electrons. The second-order valence-electron chi connectivity index (χ2n) is 9.96. The molecule has 0 aliphatic carbocycles. The van der Waals surface area contributed by atoms with E-state index >= 15 is 0 Å². The van der Waals surface area contributed by atoms with Gasteiger partial charge >= 0.3 is 0 Å². The molecule has 5 aromatic rings. The van der Waals surface area contributed by atoms with Crippen molar-refractivity contribution in [2.75, 3.05) is 16.3 Å². The fourth-order valence-electron chi connectivity index (χ4n) is 4.61. The van der Waals surface area contributed by atoms with Gasteiger partial charge in [-0.2, -0.15) is 0 Å². The number of pyridine rings is 2. The summed E-state index contributed by atoms with van der Waals surface area (Å²) in [5.41, 5.74) is 6.41. The lowest BCUT2D eigenvalue weighted by molar-refractivity contribution is -0.112. The molecular weight excluding hydrogens is 524 g/mol. The molecule has 5 rings (SSSR count). The van der Waals surface area contributed by atoms with Crippen LogP contribution in [0.15, 0.2) is 95.4 Å². The smallest absolute Gasteiger partial charge is 0.255 e. The normalized spacial score (nSPS) is 11.4.